The normalized spacial score (nSPS) is 10.8. The molecule has 0 radical (unpaired) electrons. The summed E-state index contributed by atoms with van der Waals surface area (Å²) >= 11 is 2.92. The van der Waals surface area contributed by atoms with Crippen LogP contribution in [-0.4, -0.2) is 10.9 Å². The maximum absolute atomic E-state index is 11.0. The number of aryl methyl sites for hydroxylation is 1. The summed E-state index contributed by atoms with van der Waals surface area (Å²) in [7, 11) is 0. The van der Waals surface area contributed by atoms with Crippen molar-refractivity contribution in [3.8, 4) is 11.5 Å². The van der Waals surface area contributed by atoms with E-state index in [1.165, 1.54) is 11.3 Å². The van der Waals surface area contributed by atoms with Gasteiger partial charge in [0.2, 0.25) is 0 Å². The van der Waals surface area contributed by atoms with Gasteiger partial charge < -0.3 is 10.5 Å². The first-order chi connectivity index (χ1) is 9.11. The van der Waals surface area contributed by atoms with Gasteiger partial charge in [0, 0.05) is 17.5 Å². The Balaban J connectivity index is 1.89. The van der Waals surface area contributed by atoms with E-state index in [4.69, 9.17) is 10.5 Å². The third-order valence-corrected chi connectivity index (χ3v) is 4.39. The molecule has 0 saturated carbocycles. The number of ether oxygens (including phenoxy) is 1. The van der Waals surface area contributed by atoms with Gasteiger partial charge in [-0.15, -0.1) is 22.7 Å². The molecule has 0 atom stereocenters. The zero-order valence-electron chi connectivity index (χ0n) is 10.0. The molecule has 0 aliphatic heterocycles. The van der Waals surface area contributed by atoms with Crippen molar-refractivity contribution in [1.29, 1.82) is 0 Å². The lowest BCUT2D eigenvalue weighted by atomic mass is 10.3. The fraction of sp³-hybridized carbons (Fsp3) is 0.0769. The quantitative estimate of drug-likeness (QED) is 0.802. The molecule has 4 nitrogen and oxygen atoms in total. The number of thiazole rings is 1. The van der Waals surface area contributed by atoms with Crippen molar-refractivity contribution in [3.63, 3.8) is 0 Å². The van der Waals surface area contributed by atoms with E-state index in [1.54, 1.807) is 22.8 Å². The molecule has 6 heteroatoms. The number of nitrogens with two attached hydrogens (primary N) is 1. The second-order valence-corrected chi connectivity index (χ2v) is 6.12. The monoisotopic (exact) mass is 290 g/mol. The summed E-state index contributed by atoms with van der Waals surface area (Å²) in [6, 6.07) is 7.40. The first-order valence-corrected chi connectivity index (χ1v) is 7.25. The Morgan fingerprint density at radius 2 is 2.16 bits per heavy atom. The highest BCUT2D eigenvalue weighted by molar-refractivity contribution is 7.18. The minimum atomic E-state index is -0.439. The number of carbonyl (C=O) groups is 1. The Bertz CT molecular complexity index is 761. The maximum atomic E-state index is 11.0. The molecule has 0 spiro atoms. The van der Waals surface area contributed by atoms with Gasteiger partial charge in [-0.25, -0.2) is 4.98 Å². The van der Waals surface area contributed by atoms with E-state index in [9.17, 15) is 4.79 Å². The van der Waals surface area contributed by atoms with Gasteiger partial charge in [0.05, 0.1) is 20.1 Å². The number of hydrogen-bond donors (Lipinski definition) is 1. The van der Waals surface area contributed by atoms with Crippen molar-refractivity contribution < 1.29 is 9.53 Å². The van der Waals surface area contributed by atoms with Crippen LogP contribution in [0.25, 0.3) is 10.2 Å². The van der Waals surface area contributed by atoms with E-state index in [1.807, 2.05) is 25.1 Å². The average molecular weight is 290 g/mol. The third-order valence-electron chi connectivity index (χ3n) is 2.52. The summed E-state index contributed by atoms with van der Waals surface area (Å²) in [5.41, 5.74) is 6.13. The molecular weight excluding hydrogens is 280 g/mol. The van der Waals surface area contributed by atoms with Crippen LogP contribution in [0.5, 0.6) is 11.5 Å². The van der Waals surface area contributed by atoms with Crippen LogP contribution in [-0.2, 0) is 0 Å². The third kappa shape index (κ3) is 2.45. The van der Waals surface area contributed by atoms with E-state index >= 15 is 0 Å². The first kappa shape index (κ1) is 12.1. The number of primary amides is 1. The van der Waals surface area contributed by atoms with Gasteiger partial charge in [-0.1, -0.05) is 0 Å². The lowest BCUT2D eigenvalue weighted by Gasteiger charge is -2.02. The van der Waals surface area contributed by atoms with E-state index in [-0.39, 0.29) is 0 Å². The summed E-state index contributed by atoms with van der Waals surface area (Å²) in [4.78, 5) is 15.9. The fourth-order valence-electron chi connectivity index (χ4n) is 1.72. The Morgan fingerprint density at radius 1 is 1.32 bits per heavy atom. The van der Waals surface area contributed by atoms with E-state index in [0.29, 0.717) is 16.4 Å². The van der Waals surface area contributed by atoms with Crippen molar-refractivity contribution in [2.45, 2.75) is 6.92 Å². The van der Waals surface area contributed by atoms with E-state index in [0.717, 1.165) is 15.2 Å². The molecule has 1 aromatic carbocycles. The van der Waals surface area contributed by atoms with E-state index in [2.05, 4.69) is 4.98 Å². The van der Waals surface area contributed by atoms with Gasteiger partial charge in [0.25, 0.3) is 5.91 Å². The fourth-order valence-corrected chi connectivity index (χ4v) is 3.19. The molecule has 1 amide bonds. The van der Waals surface area contributed by atoms with Crippen LogP contribution in [0.3, 0.4) is 0 Å². The molecule has 96 valence electrons. The highest BCUT2D eigenvalue weighted by Crippen LogP contribution is 2.30. The number of amides is 1. The number of rotatable bonds is 3. The minimum Gasteiger partial charge on any atom is -0.456 e. The molecule has 0 aliphatic carbocycles. The lowest BCUT2D eigenvalue weighted by molar-refractivity contribution is 0.100. The molecule has 2 aromatic heterocycles. The molecular formula is C13H10N2O2S2. The highest BCUT2D eigenvalue weighted by Gasteiger charge is 2.08. The van der Waals surface area contributed by atoms with Gasteiger partial charge in [0.15, 0.2) is 0 Å². The van der Waals surface area contributed by atoms with Crippen molar-refractivity contribution in [3.05, 3.63) is 39.5 Å². The van der Waals surface area contributed by atoms with Crippen LogP contribution < -0.4 is 10.5 Å². The molecule has 3 aromatic rings. The second kappa shape index (κ2) is 4.64. The van der Waals surface area contributed by atoms with Crippen molar-refractivity contribution in [1.82, 2.24) is 4.98 Å². The number of benzene rings is 1. The van der Waals surface area contributed by atoms with Crippen LogP contribution >= 0.6 is 22.7 Å². The van der Waals surface area contributed by atoms with Crippen molar-refractivity contribution in [2.24, 2.45) is 5.73 Å². The summed E-state index contributed by atoms with van der Waals surface area (Å²) in [5.74, 6) is 0.877. The smallest absolute Gasteiger partial charge is 0.258 e. The number of nitrogens with zero attached hydrogens (tertiary/aromatic N) is 1. The summed E-state index contributed by atoms with van der Waals surface area (Å²) in [5, 5.41) is 2.79. The predicted molar refractivity (Wildman–Crippen MR) is 77.3 cm³/mol. The number of aromatic nitrogens is 1. The minimum absolute atomic E-state index is 0.439. The number of thiophene rings is 1. The van der Waals surface area contributed by atoms with Gasteiger partial charge in [-0.05, 0) is 19.1 Å². The summed E-state index contributed by atoms with van der Waals surface area (Å²) in [6.45, 7) is 1.98. The largest absolute Gasteiger partial charge is 0.456 e. The Hall–Kier alpha value is -1.92. The molecule has 19 heavy (non-hydrogen) atoms. The molecule has 2 N–H and O–H groups in total. The van der Waals surface area contributed by atoms with Crippen LogP contribution in [0.1, 0.15) is 14.7 Å². The standard InChI is InChI=1S/C13H10N2O2S2/c1-7-15-10-4-8(2-3-11(10)19-7)17-9-5-12(13(14)16)18-6-9/h2-6H,1H3,(H2,14,16). The first-order valence-electron chi connectivity index (χ1n) is 5.55. The molecule has 3 rings (SSSR count). The van der Waals surface area contributed by atoms with Crippen molar-refractivity contribution in [2.75, 3.05) is 0 Å². The predicted octanol–water partition coefficient (Wildman–Crippen LogP) is 3.56. The van der Waals surface area contributed by atoms with Crippen LogP contribution in [0.4, 0.5) is 0 Å². The highest BCUT2D eigenvalue weighted by atomic mass is 32.1. The van der Waals surface area contributed by atoms with Crippen LogP contribution in [0.2, 0.25) is 0 Å². The van der Waals surface area contributed by atoms with Gasteiger partial charge in [0.1, 0.15) is 11.5 Å². The molecule has 2 heterocycles. The van der Waals surface area contributed by atoms with E-state index < -0.39 is 5.91 Å². The van der Waals surface area contributed by atoms with Gasteiger partial charge >= 0.3 is 0 Å². The molecule has 0 aliphatic rings. The van der Waals surface area contributed by atoms with Gasteiger partial charge in [-0.3, -0.25) is 4.79 Å². The Labute approximate surface area is 117 Å². The molecule has 0 bridgehead atoms. The average Bonchev–Trinajstić information content (AvgIpc) is 2.94. The second-order valence-electron chi connectivity index (χ2n) is 3.98. The molecule has 0 saturated heterocycles. The Kier molecular flexibility index (Phi) is 2.96. The number of hydrogen-bond acceptors (Lipinski definition) is 5. The zero-order chi connectivity index (χ0) is 13.4. The number of fused-ring (bicyclic) bond motifs is 1. The van der Waals surface area contributed by atoms with Crippen molar-refractivity contribution >= 4 is 38.8 Å². The Morgan fingerprint density at radius 3 is 2.89 bits per heavy atom. The van der Waals surface area contributed by atoms with Crippen LogP contribution in [0.15, 0.2) is 29.6 Å². The summed E-state index contributed by atoms with van der Waals surface area (Å²) < 4.78 is 6.83. The maximum Gasteiger partial charge on any atom is 0.258 e. The molecule has 0 unspecified atom stereocenters. The number of carbonyl (C=O) groups excluding carboxylic acids is 1. The SMILES string of the molecule is Cc1nc2cc(Oc3csc(C(N)=O)c3)ccc2s1. The zero-order valence-corrected chi connectivity index (χ0v) is 11.7. The molecule has 0 fully saturated rings. The van der Waals surface area contributed by atoms with Crippen LogP contribution in [0, 0.1) is 6.92 Å². The summed E-state index contributed by atoms with van der Waals surface area (Å²) in [6.07, 6.45) is 0. The topological polar surface area (TPSA) is 65.2 Å². The lowest BCUT2D eigenvalue weighted by Crippen LogP contribution is -2.08. The van der Waals surface area contributed by atoms with Gasteiger partial charge in [-0.2, -0.15) is 0 Å².